The second-order valence-corrected chi connectivity index (χ2v) is 6.88. The predicted molar refractivity (Wildman–Crippen MR) is 104 cm³/mol. The van der Waals surface area contributed by atoms with Crippen LogP contribution >= 0.6 is 11.7 Å². The number of carbonyl (C=O) groups is 2. The van der Waals surface area contributed by atoms with Crippen LogP contribution in [0.1, 0.15) is 29.9 Å². The van der Waals surface area contributed by atoms with Crippen LogP contribution in [-0.4, -0.2) is 41.2 Å². The molecule has 1 aliphatic heterocycles. The van der Waals surface area contributed by atoms with E-state index in [4.69, 9.17) is 18.9 Å². The van der Waals surface area contributed by atoms with Gasteiger partial charge in [-0.1, -0.05) is 12.1 Å². The van der Waals surface area contributed by atoms with E-state index in [-0.39, 0.29) is 13.4 Å². The molecule has 0 radical (unpaired) electrons. The summed E-state index contributed by atoms with van der Waals surface area (Å²) in [6.45, 7) is 2.01. The number of esters is 2. The number of hydrogen-bond acceptors (Lipinski definition) is 9. The molecule has 0 saturated carbocycles. The molecule has 2 unspecified atom stereocenters. The lowest BCUT2D eigenvalue weighted by Gasteiger charge is -2.24. The van der Waals surface area contributed by atoms with E-state index < -0.39 is 23.8 Å². The lowest BCUT2D eigenvalue weighted by atomic mass is 9.81. The summed E-state index contributed by atoms with van der Waals surface area (Å²) in [6, 6.07) is 10.4. The molecule has 0 N–H and O–H groups in total. The summed E-state index contributed by atoms with van der Waals surface area (Å²) >= 11 is 1.08. The van der Waals surface area contributed by atoms with Gasteiger partial charge in [0.25, 0.3) is 0 Å². The van der Waals surface area contributed by atoms with Crippen LogP contribution in [0.25, 0.3) is 11.0 Å². The fourth-order valence-electron chi connectivity index (χ4n) is 3.39. The van der Waals surface area contributed by atoms with E-state index in [9.17, 15) is 9.59 Å². The molecule has 9 heteroatoms. The van der Waals surface area contributed by atoms with Crippen molar-refractivity contribution >= 4 is 34.7 Å². The van der Waals surface area contributed by atoms with E-state index in [0.29, 0.717) is 28.1 Å². The molecule has 2 heterocycles. The molecule has 0 bridgehead atoms. The number of benzene rings is 2. The van der Waals surface area contributed by atoms with Gasteiger partial charge in [-0.2, -0.15) is 8.75 Å². The zero-order chi connectivity index (χ0) is 20.4. The van der Waals surface area contributed by atoms with Crippen LogP contribution in [0.4, 0.5) is 0 Å². The molecule has 4 rings (SSSR count). The van der Waals surface area contributed by atoms with Crippen LogP contribution in [0.3, 0.4) is 0 Å². The highest BCUT2D eigenvalue weighted by Gasteiger charge is 2.39. The van der Waals surface area contributed by atoms with E-state index in [0.717, 1.165) is 17.2 Å². The van der Waals surface area contributed by atoms with E-state index in [1.165, 1.54) is 7.11 Å². The third-order valence-corrected chi connectivity index (χ3v) is 5.28. The zero-order valence-electron chi connectivity index (χ0n) is 15.8. The first-order valence-electron chi connectivity index (χ1n) is 8.98. The Kier molecular flexibility index (Phi) is 5.30. The molecule has 1 aromatic heterocycles. The fraction of sp³-hybridized carbons (Fsp3) is 0.300. The molecule has 0 aliphatic carbocycles. The highest BCUT2D eigenvalue weighted by Crippen LogP contribution is 2.41. The summed E-state index contributed by atoms with van der Waals surface area (Å²) in [5.41, 5.74) is 2.53. The molecule has 2 atom stereocenters. The van der Waals surface area contributed by atoms with Crippen molar-refractivity contribution in [3.8, 4) is 11.5 Å². The van der Waals surface area contributed by atoms with Crippen LogP contribution in [0.2, 0.25) is 0 Å². The lowest BCUT2D eigenvalue weighted by Crippen LogP contribution is -2.29. The minimum atomic E-state index is -0.933. The number of fused-ring (bicyclic) bond motifs is 2. The van der Waals surface area contributed by atoms with Gasteiger partial charge in [0, 0.05) is 0 Å². The standard InChI is InChI=1S/C20H18N2O6S/c1-3-26-20(24)18(11-4-6-13-14(8-11)22-29-21-13)17(19(23)25-2)12-5-7-15-16(9-12)28-10-27-15/h4-9,17-18H,3,10H2,1-2H3. The third kappa shape index (κ3) is 3.61. The molecule has 3 aromatic rings. The van der Waals surface area contributed by atoms with Crippen molar-refractivity contribution in [3.63, 3.8) is 0 Å². The quantitative estimate of drug-likeness (QED) is 0.568. The Labute approximate surface area is 170 Å². The average Bonchev–Trinajstić information content (AvgIpc) is 3.39. The van der Waals surface area contributed by atoms with Crippen LogP contribution in [0, 0.1) is 0 Å². The van der Waals surface area contributed by atoms with Crippen molar-refractivity contribution in [1.82, 2.24) is 8.75 Å². The summed E-state index contributed by atoms with van der Waals surface area (Å²) in [6.07, 6.45) is 0. The van der Waals surface area contributed by atoms with Crippen molar-refractivity contribution in [2.45, 2.75) is 18.8 Å². The summed E-state index contributed by atoms with van der Waals surface area (Å²) in [7, 11) is 1.29. The smallest absolute Gasteiger partial charge is 0.314 e. The van der Waals surface area contributed by atoms with Gasteiger partial charge in [0.2, 0.25) is 6.79 Å². The van der Waals surface area contributed by atoms with Gasteiger partial charge in [-0.3, -0.25) is 9.59 Å². The Hall–Kier alpha value is -3.20. The molecule has 0 amide bonds. The number of carbonyl (C=O) groups excluding carboxylic acids is 2. The van der Waals surface area contributed by atoms with Crippen LogP contribution in [-0.2, 0) is 19.1 Å². The largest absolute Gasteiger partial charge is 0.469 e. The van der Waals surface area contributed by atoms with Crippen LogP contribution in [0.5, 0.6) is 11.5 Å². The highest BCUT2D eigenvalue weighted by molar-refractivity contribution is 7.00. The van der Waals surface area contributed by atoms with Gasteiger partial charge in [0.1, 0.15) is 11.0 Å². The topological polar surface area (TPSA) is 96.8 Å². The van der Waals surface area contributed by atoms with Crippen molar-refractivity contribution in [3.05, 3.63) is 47.5 Å². The van der Waals surface area contributed by atoms with Crippen molar-refractivity contribution in [2.75, 3.05) is 20.5 Å². The van der Waals surface area contributed by atoms with Gasteiger partial charge >= 0.3 is 11.9 Å². The maximum Gasteiger partial charge on any atom is 0.314 e. The average molecular weight is 414 g/mol. The van der Waals surface area contributed by atoms with E-state index in [2.05, 4.69) is 8.75 Å². The maximum absolute atomic E-state index is 13.0. The summed E-state index contributed by atoms with van der Waals surface area (Å²) < 4.78 is 29.6. The number of nitrogens with zero attached hydrogens (tertiary/aromatic N) is 2. The molecule has 1 aliphatic rings. The summed E-state index contributed by atoms with van der Waals surface area (Å²) in [4.78, 5) is 25.8. The molecule has 0 fully saturated rings. The molecule has 150 valence electrons. The predicted octanol–water partition coefficient (Wildman–Crippen LogP) is 3.02. The third-order valence-electron chi connectivity index (χ3n) is 4.72. The molecule has 29 heavy (non-hydrogen) atoms. The minimum Gasteiger partial charge on any atom is -0.469 e. The van der Waals surface area contributed by atoms with Crippen molar-refractivity contribution in [2.24, 2.45) is 0 Å². The van der Waals surface area contributed by atoms with E-state index in [1.807, 2.05) is 0 Å². The van der Waals surface area contributed by atoms with Crippen LogP contribution < -0.4 is 9.47 Å². The van der Waals surface area contributed by atoms with Gasteiger partial charge in [0.15, 0.2) is 11.5 Å². The number of ether oxygens (including phenoxy) is 4. The van der Waals surface area contributed by atoms with Gasteiger partial charge in [-0.25, -0.2) is 0 Å². The monoisotopic (exact) mass is 414 g/mol. The molecular formula is C20H18N2O6S. The molecule has 0 saturated heterocycles. The Balaban J connectivity index is 1.84. The summed E-state index contributed by atoms with van der Waals surface area (Å²) in [5.74, 6) is -1.84. The number of hydrogen-bond donors (Lipinski definition) is 0. The fourth-order valence-corrected chi connectivity index (χ4v) is 3.90. The van der Waals surface area contributed by atoms with E-state index in [1.54, 1.807) is 43.3 Å². The van der Waals surface area contributed by atoms with E-state index >= 15 is 0 Å². The Morgan fingerprint density at radius 1 is 1.00 bits per heavy atom. The first kappa shape index (κ1) is 19.1. The minimum absolute atomic E-state index is 0.108. The zero-order valence-corrected chi connectivity index (χ0v) is 16.6. The Bertz CT molecular complexity index is 1070. The lowest BCUT2D eigenvalue weighted by molar-refractivity contribution is -0.152. The first-order chi connectivity index (χ1) is 14.1. The molecule has 2 aromatic carbocycles. The second-order valence-electron chi connectivity index (χ2n) is 6.36. The number of methoxy groups -OCH3 is 1. The van der Waals surface area contributed by atoms with Gasteiger partial charge < -0.3 is 18.9 Å². The highest BCUT2D eigenvalue weighted by atomic mass is 32.1. The van der Waals surface area contributed by atoms with Crippen LogP contribution in [0.15, 0.2) is 36.4 Å². The first-order valence-corrected chi connectivity index (χ1v) is 9.71. The molecule has 0 spiro atoms. The van der Waals surface area contributed by atoms with Crippen molar-refractivity contribution < 1.29 is 28.5 Å². The number of rotatable bonds is 6. The Morgan fingerprint density at radius 2 is 1.69 bits per heavy atom. The summed E-state index contributed by atoms with van der Waals surface area (Å²) in [5, 5.41) is 0. The Morgan fingerprint density at radius 3 is 2.48 bits per heavy atom. The molecule has 8 nitrogen and oxygen atoms in total. The molecular weight excluding hydrogens is 396 g/mol. The normalized spacial score (nSPS) is 14.4. The SMILES string of the molecule is CCOC(=O)C(c1ccc2nsnc2c1)C(C(=O)OC)c1ccc2c(c1)OCO2. The van der Waals surface area contributed by atoms with Gasteiger partial charge in [-0.05, 0) is 42.3 Å². The number of aromatic nitrogens is 2. The maximum atomic E-state index is 13.0. The van der Waals surface area contributed by atoms with Crippen molar-refractivity contribution in [1.29, 1.82) is 0 Å². The van der Waals surface area contributed by atoms with Gasteiger partial charge in [-0.15, -0.1) is 0 Å². The second kappa shape index (κ2) is 8.04. The van der Waals surface area contributed by atoms with Gasteiger partial charge in [0.05, 0.1) is 37.3 Å².